The van der Waals surface area contributed by atoms with Crippen LogP contribution >= 0.6 is 0 Å². The van der Waals surface area contributed by atoms with Gasteiger partial charge in [0.05, 0.1) is 18.1 Å². The highest BCUT2D eigenvalue weighted by Gasteiger charge is 2.43. The molecule has 3 atom stereocenters. The Balaban J connectivity index is 1.65. The van der Waals surface area contributed by atoms with E-state index >= 15 is 0 Å². The van der Waals surface area contributed by atoms with Gasteiger partial charge in [-0.05, 0) is 49.9 Å². The van der Waals surface area contributed by atoms with Crippen LogP contribution in [0.15, 0.2) is 22.7 Å². The van der Waals surface area contributed by atoms with Crippen LogP contribution in [0.2, 0.25) is 0 Å². The number of benzene rings is 1. The number of aryl methyl sites for hydroxylation is 1. The van der Waals surface area contributed by atoms with E-state index in [-0.39, 0.29) is 17.8 Å². The second kappa shape index (κ2) is 4.31. The number of hydrogen-bond acceptors (Lipinski definition) is 5. The smallest absolute Gasteiger partial charge is 0.258 e. The normalized spacial score (nSPS) is 28.1. The Bertz CT molecular complexity index is 652. The molecule has 5 heteroatoms. The summed E-state index contributed by atoms with van der Waals surface area (Å²) in [4.78, 5) is 4.53. The molecule has 2 aromatic rings. The number of hydrogen-bond donors (Lipinski definition) is 1. The summed E-state index contributed by atoms with van der Waals surface area (Å²) in [6.45, 7) is 1.92. The standard InChI is InChI=1S/C15H16N2O3/c1-8-6-9(18)2-4-11(8)15-16-14(17-20-15)12-7-10-3-5-13(12)19-10/h2,4,6,10,12-13,18H,3,5,7H2,1H3. The van der Waals surface area contributed by atoms with Gasteiger partial charge in [-0.2, -0.15) is 4.98 Å². The Morgan fingerprint density at radius 1 is 1.30 bits per heavy atom. The number of fused-ring (bicyclic) bond motifs is 2. The van der Waals surface area contributed by atoms with Crippen LogP contribution in [0.4, 0.5) is 0 Å². The number of aromatic nitrogens is 2. The lowest BCUT2D eigenvalue weighted by atomic mass is 9.89. The van der Waals surface area contributed by atoms with Crippen LogP contribution in [0.1, 0.15) is 36.6 Å². The first-order valence-electron chi connectivity index (χ1n) is 7.00. The van der Waals surface area contributed by atoms with Gasteiger partial charge in [-0.15, -0.1) is 0 Å². The summed E-state index contributed by atoms with van der Waals surface area (Å²) in [6.07, 6.45) is 3.88. The summed E-state index contributed by atoms with van der Waals surface area (Å²) in [7, 11) is 0. The van der Waals surface area contributed by atoms with Crippen LogP contribution in [0.5, 0.6) is 5.75 Å². The first-order chi connectivity index (χ1) is 9.70. The van der Waals surface area contributed by atoms with Gasteiger partial charge in [-0.1, -0.05) is 5.16 Å². The van der Waals surface area contributed by atoms with Crippen molar-refractivity contribution in [2.45, 2.75) is 44.3 Å². The molecule has 1 aromatic carbocycles. The van der Waals surface area contributed by atoms with Crippen molar-refractivity contribution < 1.29 is 14.4 Å². The predicted octanol–water partition coefficient (Wildman–Crippen LogP) is 2.79. The molecular weight excluding hydrogens is 256 g/mol. The van der Waals surface area contributed by atoms with Gasteiger partial charge in [0.25, 0.3) is 5.89 Å². The van der Waals surface area contributed by atoms with Crippen molar-refractivity contribution in [3.8, 4) is 17.2 Å². The van der Waals surface area contributed by atoms with Crippen molar-refractivity contribution in [1.29, 1.82) is 0 Å². The summed E-state index contributed by atoms with van der Waals surface area (Å²) in [6, 6.07) is 5.13. The largest absolute Gasteiger partial charge is 0.508 e. The number of ether oxygens (including phenoxy) is 1. The van der Waals surface area contributed by atoms with Gasteiger partial charge in [-0.3, -0.25) is 0 Å². The number of aromatic hydroxyl groups is 1. The van der Waals surface area contributed by atoms with E-state index in [4.69, 9.17) is 9.26 Å². The summed E-state index contributed by atoms with van der Waals surface area (Å²) >= 11 is 0. The third kappa shape index (κ3) is 1.81. The maximum Gasteiger partial charge on any atom is 0.258 e. The lowest BCUT2D eigenvalue weighted by Gasteiger charge is -2.13. The zero-order valence-corrected chi connectivity index (χ0v) is 11.2. The molecule has 2 fully saturated rings. The number of phenolic OH excluding ortho intramolecular Hbond substituents is 1. The van der Waals surface area contributed by atoms with Crippen LogP contribution in [-0.4, -0.2) is 27.5 Å². The Hall–Kier alpha value is -1.88. The SMILES string of the molecule is Cc1cc(O)ccc1-c1nc(C2CC3CCC2O3)no1. The molecule has 3 unspecified atom stereocenters. The van der Waals surface area contributed by atoms with E-state index < -0.39 is 0 Å². The van der Waals surface area contributed by atoms with E-state index in [2.05, 4.69) is 10.1 Å². The second-order valence-corrected chi connectivity index (χ2v) is 5.67. The number of rotatable bonds is 2. The highest BCUT2D eigenvalue weighted by atomic mass is 16.5. The molecule has 2 saturated heterocycles. The van der Waals surface area contributed by atoms with Crippen molar-refractivity contribution in [3.63, 3.8) is 0 Å². The Morgan fingerprint density at radius 3 is 2.90 bits per heavy atom. The van der Waals surface area contributed by atoms with Crippen LogP contribution in [0, 0.1) is 6.92 Å². The van der Waals surface area contributed by atoms with Gasteiger partial charge in [-0.25, -0.2) is 0 Å². The fraction of sp³-hybridized carbons (Fsp3) is 0.467. The summed E-state index contributed by atoms with van der Waals surface area (Å²) in [5.41, 5.74) is 1.79. The molecule has 0 spiro atoms. The quantitative estimate of drug-likeness (QED) is 0.910. The molecule has 2 aliphatic rings. The highest BCUT2D eigenvalue weighted by Crippen LogP contribution is 2.43. The average Bonchev–Trinajstić information content (AvgIpc) is 3.14. The first-order valence-corrected chi connectivity index (χ1v) is 7.00. The second-order valence-electron chi connectivity index (χ2n) is 5.67. The minimum absolute atomic E-state index is 0.243. The first kappa shape index (κ1) is 11.9. The van der Waals surface area contributed by atoms with E-state index in [1.807, 2.05) is 6.92 Å². The molecule has 1 N–H and O–H groups in total. The molecule has 1 aromatic heterocycles. The van der Waals surface area contributed by atoms with Gasteiger partial charge in [0.15, 0.2) is 5.82 Å². The van der Waals surface area contributed by atoms with E-state index in [9.17, 15) is 5.11 Å². The summed E-state index contributed by atoms with van der Waals surface area (Å²) < 4.78 is 11.2. The topological polar surface area (TPSA) is 68.4 Å². The molecule has 0 aliphatic carbocycles. The third-order valence-electron chi connectivity index (χ3n) is 4.32. The Labute approximate surface area is 116 Å². The summed E-state index contributed by atoms with van der Waals surface area (Å²) in [5, 5.41) is 13.6. The molecule has 0 amide bonds. The average molecular weight is 272 g/mol. The molecule has 2 aliphatic heterocycles. The van der Waals surface area contributed by atoms with Gasteiger partial charge in [0.1, 0.15) is 5.75 Å². The Morgan fingerprint density at radius 2 is 2.20 bits per heavy atom. The number of phenols is 1. The van der Waals surface area contributed by atoms with Gasteiger partial charge in [0.2, 0.25) is 0 Å². The fourth-order valence-electron chi connectivity index (χ4n) is 3.29. The van der Waals surface area contributed by atoms with Crippen LogP contribution < -0.4 is 0 Å². The van der Waals surface area contributed by atoms with Crippen molar-refractivity contribution in [1.82, 2.24) is 10.1 Å². The highest BCUT2D eigenvalue weighted by molar-refractivity contribution is 5.59. The van der Waals surface area contributed by atoms with Crippen LogP contribution in [-0.2, 0) is 4.74 Å². The summed E-state index contributed by atoms with van der Waals surface area (Å²) in [5.74, 6) is 1.77. The van der Waals surface area contributed by atoms with E-state index in [1.54, 1.807) is 18.2 Å². The van der Waals surface area contributed by atoms with Crippen molar-refractivity contribution in [3.05, 3.63) is 29.6 Å². The van der Waals surface area contributed by atoms with Gasteiger partial charge < -0.3 is 14.4 Å². The fourth-order valence-corrected chi connectivity index (χ4v) is 3.29. The van der Waals surface area contributed by atoms with Crippen LogP contribution in [0.3, 0.4) is 0 Å². The molecule has 0 saturated carbocycles. The number of nitrogens with zero attached hydrogens (tertiary/aromatic N) is 2. The molecule has 5 nitrogen and oxygen atoms in total. The van der Waals surface area contributed by atoms with E-state index in [1.165, 1.54) is 0 Å². The van der Waals surface area contributed by atoms with Crippen molar-refractivity contribution in [2.75, 3.05) is 0 Å². The minimum atomic E-state index is 0.243. The lowest BCUT2D eigenvalue weighted by Crippen LogP contribution is -2.15. The molecule has 3 heterocycles. The molecule has 2 bridgehead atoms. The zero-order chi connectivity index (χ0) is 13.7. The monoisotopic (exact) mass is 272 g/mol. The maximum absolute atomic E-state index is 9.45. The molecule has 0 radical (unpaired) electrons. The Kier molecular flexibility index (Phi) is 2.57. The van der Waals surface area contributed by atoms with E-state index in [0.29, 0.717) is 12.0 Å². The van der Waals surface area contributed by atoms with Gasteiger partial charge in [0, 0.05) is 5.56 Å². The lowest BCUT2D eigenvalue weighted by molar-refractivity contribution is 0.0996. The van der Waals surface area contributed by atoms with E-state index in [0.717, 1.165) is 36.2 Å². The van der Waals surface area contributed by atoms with Gasteiger partial charge >= 0.3 is 0 Å². The zero-order valence-electron chi connectivity index (χ0n) is 11.2. The molecule has 20 heavy (non-hydrogen) atoms. The molecular formula is C15H16N2O3. The maximum atomic E-state index is 9.45. The van der Waals surface area contributed by atoms with Crippen molar-refractivity contribution in [2.24, 2.45) is 0 Å². The molecule has 104 valence electrons. The minimum Gasteiger partial charge on any atom is -0.508 e. The van der Waals surface area contributed by atoms with Crippen molar-refractivity contribution >= 4 is 0 Å². The molecule has 4 rings (SSSR count). The predicted molar refractivity (Wildman–Crippen MR) is 71.4 cm³/mol. The third-order valence-corrected chi connectivity index (χ3v) is 4.32. The van der Waals surface area contributed by atoms with Crippen LogP contribution in [0.25, 0.3) is 11.5 Å².